The molecule has 9 heteroatoms. The van der Waals surface area contributed by atoms with Gasteiger partial charge in [0.25, 0.3) is 5.91 Å². The van der Waals surface area contributed by atoms with Crippen LogP contribution in [0.3, 0.4) is 0 Å². The van der Waals surface area contributed by atoms with Gasteiger partial charge in [0, 0.05) is 11.3 Å². The monoisotopic (exact) mass is 441 g/mol. The molecule has 0 aliphatic rings. The van der Waals surface area contributed by atoms with Crippen molar-refractivity contribution in [1.82, 2.24) is 10.0 Å². The van der Waals surface area contributed by atoms with Crippen molar-refractivity contribution >= 4 is 27.5 Å². The first-order valence-corrected chi connectivity index (χ1v) is 11.0. The molecule has 0 aliphatic heterocycles. The minimum atomic E-state index is -3.75. The first kappa shape index (κ1) is 22.3. The Labute approximate surface area is 180 Å². The van der Waals surface area contributed by atoms with Gasteiger partial charge < -0.3 is 15.1 Å². The Morgan fingerprint density at radius 1 is 0.935 bits per heavy atom. The van der Waals surface area contributed by atoms with Gasteiger partial charge in [0.1, 0.15) is 5.76 Å². The van der Waals surface area contributed by atoms with E-state index in [-0.39, 0.29) is 29.5 Å². The minimum absolute atomic E-state index is 0.0170. The zero-order valence-corrected chi connectivity index (χ0v) is 18.0. The number of aryl methyl sites for hydroxylation is 2. The summed E-state index contributed by atoms with van der Waals surface area (Å²) in [6, 6.07) is 14.4. The fourth-order valence-electron chi connectivity index (χ4n) is 2.91. The molecule has 0 saturated carbocycles. The Bertz CT molecular complexity index is 1150. The average molecular weight is 442 g/mol. The molecule has 3 aromatic rings. The van der Waals surface area contributed by atoms with Crippen LogP contribution in [0.15, 0.2) is 70.2 Å². The van der Waals surface area contributed by atoms with Crippen LogP contribution in [0.25, 0.3) is 0 Å². The standard InChI is InChI=1S/C22H23N3O5S/c1-15-5-3-6-16(2)21(15)25-20(26)14-23-22(27)17-8-10-19(11-9-17)31(28,29)24-13-18-7-4-12-30-18/h3-12,24H,13-14H2,1-2H3,(H,23,27)(H,25,26). The second-order valence-corrected chi connectivity index (χ2v) is 8.69. The van der Waals surface area contributed by atoms with Crippen LogP contribution in [0.4, 0.5) is 5.69 Å². The van der Waals surface area contributed by atoms with E-state index in [2.05, 4.69) is 15.4 Å². The molecular weight excluding hydrogens is 418 g/mol. The minimum Gasteiger partial charge on any atom is -0.468 e. The Morgan fingerprint density at radius 2 is 1.61 bits per heavy atom. The maximum Gasteiger partial charge on any atom is 0.251 e. The highest BCUT2D eigenvalue weighted by atomic mass is 32.2. The summed E-state index contributed by atoms with van der Waals surface area (Å²) >= 11 is 0. The van der Waals surface area contributed by atoms with Crippen molar-refractivity contribution in [3.63, 3.8) is 0 Å². The molecule has 0 saturated heterocycles. The van der Waals surface area contributed by atoms with E-state index in [1.54, 1.807) is 12.1 Å². The number of nitrogens with one attached hydrogen (secondary N) is 3. The number of carbonyl (C=O) groups excluding carboxylic acids is 2. The van der Waals surface area contributed by atoms with Gasteiger partial charge in [-0.25, -0.2) is 13.1 Å². The third-order valence-electron chi connectivity index (χ3n) is 4.60. The van der Waals surface area contributed by atoms with Gasteiger partial charge in [0.2, 0.25) is 15.9 Å². The molecule has 3 N–H and O–H groups in total. The van der Waals surface area contributed by atoms with E-state index >= 15 is 0 Å². The fraction of sp³-hybridized carbons (Fsp3) is 0.182. The molecule has 0 radical (unpaired) electrons. The van der Waals surface area contributed by atoms with Crippen molar-refractivity contribution in [3.05, 3.63) is 83.3 Å². The zero-order chi connectivity index (χ0) is 22.4. The van der Waals surface area contributed by atoms with Crippen LogP contribution < -0.4 is 15.4 Å². The maximum absolute atomic E-state index is 12.3. The highest BCUT2D eigenvalue weighted by Gasteiger charge is 2.16. The molecule has 0 spiro atoms. The van der Waals surface area contributed by atoms with E-state index in [9.17, 15) is 18.0 Å². The predicted molar refractivity (Wildman–Crippen MR) is 116 cm³/mol. The number of hydrogen-bond donors (Lipinski definition) is 3. The van der Waals surface area contributed by atoms with Crippen LogP contribution in [0.2, 0.25) is 0 Å². The van der Waals surface area contributed by atoms with Crippen LogP contribution in [-0.4, -0.2) is 26.8 Å². The highest BCUT2D eigenvalue weighted by Crippen LogP contribution is 2.19. The number of furan rings is 1. The van der Waals surface area contributed by atoms with Crippen molar-refractivity contribution in [2.75, 3.05) is 11.9 Å². The van der Waals surface area contributed by atoms with Gasteiger partial charge >= 0.3 is 0 Å². The normalized spacial score (nSPS) is 11.2. The average Bonchev–Trinajstić information content (AvgIpc) is 3.27. The van der Waals surface area contributed by atoms with E-state index in [0.717, 1.165) is 16.8 Å². The molecule has 31 heavy (non-hydrogen) atoms. The van der Waals surface area contributed by atoms with Crippen molar-refractivity contribution in [2.45, 2.75) is 25.3 Å². The number of anilines is 1. The third-order valence-corrected chi connectivity index (χ3v) is 6.02. The molecule has 8 nitrogen and oxygen atoms in total. The molecule has 2 aromatic carbocycles. The Hall–Kier alpha value is -3.43. The second kappa shape index (κ2) is 9.59. The maximum atomic E-state index is 12.3. The van der Waals surface area contributed by atoms with E-state index in [0.29, 0.717) is 5.76 Å². The molecule has 1 heterocycles. The smallest absolute Gasteiger partial charge is 0.251 e. The van der Waals surface area contributed by atoms with E-state index in [4.69, 9.17) is 4.42 Å². The fourth-order valence-corrected chi connectivity index (χ4v) is 3.90. The van der Waals surface area contributed by atoms with Crippen LogP contribution in [0.1, 0.15) is 27.2 Å². The molecule has 2 amide bonds. The number of hydrogen-bond acceptors (Lipinski definition) is 5. The summed E-state index contributed by atoms with van der Waals surface area (Å²) in [5, 5.41) is 5.32. The lowest BCUT2D eigenvalue weighted by Crippen LogP contribution is -2.33. The number of para-hydroxylation sites is 1. The summed E-state index contributed by atoms with van der Waals surface area (Å²) in [6.45, 7) is 3.59. The first-order chi connectivity index (χ1) is 14.8. The summed E-state index contributed by atoms with van der Waals surface area (Å²) in [5.74, 6) is -0.352. The van der Waals surface area contributed by atoms with Gasteiger partial charge in [-0.15, -0.1) is 0 Å². The third kappa shape index (κ3) is 5.80. The Kier molecular flexibility index (Phi) is 6.88. The van der Waals surface area contributed by atoms with Gasteiger partial charge in [-0.05, 0) is 61.4 Å². The molecule has 0 fully saturated rings. The topological polar surface area (TPSA) is 118 Å². The molecule has 0 atom stereocenters. The number of amides is 2. The van der Waals surface area contributed by atoms with Crippen molar-refractivity contribution < 1.29 is 22.4 Å². The summed E-state index contributed by atoms with van der Waals surface area (Å²) in [6.07, 6.45) is 1.46. The zero-order valence-electron chi connectivity index (χ0n) is 17.1. The van der Waals surface area contributed by atoms with Crippen LogP contribution in [0, 0.1) is 13.8 Å². The molecular formula is C22H23N3O5S. The quantitative estimate of drug-likeness (QED) is 0.497. The van der Waals surface area contributed by atoms with Crippen molar-refractivity contribution in [1.29, 1.82) is 0 Å². The van der Waals surface area contributed by atoms with E-state index < -0.39 is 15.9 Å². The summed E-state index contributed by atoms with van der Waals surface area (Å²) in [5.41, 5.74) is 2.82. The Morgan fingerprint density at radius 3 is 2.23 bits per heavy atom. The number of benzene rings is 2. The van der Waals surface area contributed by atoms with Gasteiger partial charge in [-0.1, -0.05) is 18.2 Å². The molecule has 162 valence electrons. The highest BCUT2D eigenvalue weighted by molar-refractivity contribution is 7.89. The lowest BCUT2D eigenvalue weighted by atomic mass is 10.1. The summed E-state index contributed by atoms with van der Waals surface area (Å²) < 4.78 is 32.2. The summed E-state index contributed by atoms with van der Waals surface area (Å²) in [7, 11) is -3.75. The lowest BCUT2D eigenvalue weighted by Gasteiger charge is -2.12. The van der Waals surface area contributed by atoms with Gasteiger partial charge in [-0.3, -0.25) is 9.59 Å². The van der Waals surface area contributed by atoms with Crippen molar-refractivity contribution in [3.8, 4) is 0 Å². The lowest BCUT2D eigenvalue weighted by molar-refractivity contribution is -0.115. The molecule has 0 aliphatic carbocycles. The predicted octanol–water partition coefficient (Wildman–Crippen LogP) is 2.74. The van der Waals surface area contributed by atoms with Crippen molar-refractivity contribution in [2.24, 2.45) is 0 Å². The molecule has 0 bridgehead atoms. The van der Waals surface area contributed by atoms with E-state index in [1.807, 2.05) is 32.0 Å². The Balaban J connectivity index is 1.55. The van der Waals surface area contributed by atoms with Crippen LogP contribution in [0.5, 0.6) is 0 Å². The summed E-state index contributed by atoms with van der Waals surface area (Å²) in [4.78, 5) is 24.5. The SMILES string of the molecule is Cc1cccc(C)c1NC(=O)CNC(=O)c1ccc(S(=O)(=O)NCc2ccco2)cc1. The van der Waals surface area contributed by atoms with Gasteiger partial charge in [0.15, 0.2) is 0 Å². The number of carbonyl (C=O) groups is 2. The number of sulfonamides is 1. The van der Waals surface area contributed by atoms with E-state index in [1.165, 1.54) is 30.5 Å². The largest absolute Gasteiger partial charge is 0.468 e. The van der Waals surface area contributed by atoms with Crippen LogP contribution >= 0.6 is 0 Å². The first-order valence-electron chi connectivity index (χ1n) is 9.52. The molecule has 1 aromatic heterocycles. The van der Waals surface area contributed by atoms with Gasteiger partial charge in [-0.2, -0.15) is 0 Å². The van der Waals surface area contributed by atoms with Gasteiger partial charge in [0.05, 0.1) is 24.2 Å². The number of rotatable bonds is 8. The molecule has 0 unspecified atom stereocenters. The molecule has 3 rings (SSSR count). The van der Waals surface area contributed by atoms with Crippen LogP contribution in [-0.2, 0) is 21.4 Å². The second-order valence-electron chi connectivity index (χ2n) is 6.93.